The minimum absolute atomic E-state index is 0. The molecule has 0 aliphatic carbocycles. The number of carboxylic acid groups (broad SMARTS) is 3. The number of rotatable bonds is 5. The van der Waals surface area contributed by atoms with Crippen molar-refractivity contribution in [3.63, 3.8) is 0 Å². The van der Waals surface area contributed by atoms with Crippen LogP contribution in [0, 0.1) is 0 Å². The molecule has 8 N–H and O–H groups in total. The van der Waals surface area contributed by atoms with Gasteiger partial charge >= 0.3 is 69.3 Å². The normalized spacial score (nSPS) is 8.81. The van der Waals surface area contributed by atoms with Crippen molar-refractivity contribution in [3.8, 4) is 0 Å². The first-order valence-electron chi connectivity index (χ1n) is 3.17. The average Bonchev–Trinajstić information content (AvgIpc) is 1.82. The van der Waals surface area contributed by atoms with Crippen LogP contribution in [-0.2, 0) is 14.4 Å². The van der Waals surface area contributed by atoms with Crippen molar-refractivity contribution in [2.45, 2.75) is 18.4 Å². The van der Waals surface area contributed by atoms with Crippen molar-refractivity contribution in [2.24, 2.45) is 0 Å². The van der Waals surface area contributed by atoms with E-state index in [1.807, 2.05) is 0 Å². The molecule has 10 heteroatoms. The van der Waals surface area contributed by atoms with Gasteiger partial charge in [-0.25, -0.2) is 4.79 Å². The number of hydrogen-bond acceptors (Lipinski definition) is 4. The Hall–Kier alpha value is -0.0736. The molecule has 0 aliphatic heterocycles. The molecule has 0 aromatic rings. The van der Waals surface area contributed by atoms with Crippen LogP contribution in [0.2, 0.25) is 0 Å². The van der Waals surface area contributed by atoms with Gasteiger partial charge in [-0.2, -0.15) is 0 Å². The Bertz CT molecular complexity index is 234. The van der Waals surface area contributed by atoms with Gasteiger partial charge in [0.15, 0.2) is 5.60 Å². The van der Waals surface area contributed by atoms with Crippen molar-refractivity contribution in [1.82, 2.24) is 0 Å². The molecule has 0 amide bonds. The van der Waals surface area contributed by atoms with Gasteiger partial charge in [0.25, 0.3) is 0 Å². The zero-order valence-electron chi connectivity index (χ0n) is 7.43. The maximum atomic E-state index is 10.3. The first kappa shape index (κ1) is 24.9. The molecule has 0 heterocycles. The molecule has 0 aromatic heterocycles. The van der Waals surface area contributed by atoms with Crippen molar-refractivity contribution in [2.75, 3.05) is 0 Å². The molecule has 0 atom stereocenters. The van der Waals surface area contributed by atoms with E-state index in [0.717, 1.165) is 0 Å². The summed E-state index contributed by atoms with van der Waals surface area (Å²) in [4.78, 5) is 30.5. The number of carboxylic acids is 3. The van der Waals surface area contributed by atoms with Gasteiger partial charge in [0.1, 0.15) is 0 Å². The zero-order chi connectivity index (χ0) is 10.6. The second-order valence-electron chi connectivity index (χ2n) is 2.48. The third-order valence-corrected chi connectivity index (χ3v) is 1.29. The molecule has 0 spiro atoms. The predicted molar refractivity (Wildman–Crippen MR) is 51.5 cm³/mol. The number of carbonyl (C=O) groups is 3. The van der Waals surface area contributed by atoms with Crippen molar-refractivity contribution in [1.29, 1.82) is 0 Å². The quantitative estimate of drug-likeness (QED) is 0.370. The Morgan fingerprint density at radius 1 is 0.875 bits per heavy atom. The van der Waals surface area contributed by atoms with Crippen molar-refractivity contribution >= 4 is 69.3 Å². The van der Waals surface area contributed by atoms with Gasteiger partial charge in [-0.3, -0.25) is 9.59 Å². The molecule has 9 nitrogen and oxygen atoms in total. The fourth-order valence-electron chi connectivity index (χ4n) is 0.714. The van der Waals surface area contributed by atoms with E-state index in [1.165, 1.54) is 0 Å². The van der Waals surface area contributed by atoms with E-state index in [1.54, 1.807) is 0 Å². The Labute approximate surface area is 132 Å². The summed E-state index contributed by atoms with van der Waals surface area (Å²) < 4.78 is 0. The molecular formula is C6H13KO9. The van der Waals surface area contributed by atoms with Gasteiger partial charge < -0.3 is 31.4 Å². The number of aliphatic hydroxyl groups is 1. The van der Waals surface area contributed by atoms with Gasteiger partial charge in [-0.1, -0.05) is 0 Å². The van der Waals surface area contributed by atoms with E-state index in [2.05, 4.69) is 0 Å². The summed E-state index contributed by atoms with van der Waals surface area (Å²) in [5.41, 5.74) is -2.74. The predicted octanol–water partition coefficient (Wildman–Crippen LogP) is -3.55. The van der Waals surface area contributed by atoms with E-state index < -0.39 is 36.4 Å². The number of hydrogen-bond donors (Lipinski definition) is 4. The van der Waals surface area contributed by atoms with Crippen LogP contribution in [-0.4, -0.2) is 106 Å². The summed E-state index contributed by atoms with van der Waals surface area (Å²) in [5, 5.41) is 33.8. The van der Waals surface area contributed by atoms with Crippen LogP contribution in [0.5, 0.6) is 0 Å². The zero-order valence-corrected chi connectivity index (χ0v) is 7.43. The number of aliphatic carboxylic acids is 3. The van der Waals surface area contributed by atoms with Crippen molar-refractivity contribution < 1.29 is 45.8 Å². The van der Waals surface area contributed by atoms with Crippen LogP contribution >= 0.6 is 0 Å². The molecule has 0 fully saturated rings. The third kappa shape index (κ3) is 9.17. The standard InChI is InChI=1S/C6H8O7.K.2H2O.H/c7-3(8)1-6(13,5(11)12)2-4(9)10;;;;/h13H,1-2H2,(H,7,8)(H,9,10)(H,11,12);;2*1H2;. The molecule has 0 unspecified atom stereocenters. The van der Waals surface area contributed by atoms with Gasteiger partial charge in [0, 0.05) is 0 Å². The first-order valence-corrected chi connectivity index (χ1v) is 3.17. The first-order chi connectivity index (χ1) is 5.78. The Balaban J connectivity index is -0.000000240. The molecule has 0 radical (unpaired) electrons. The van der Waals surface area contributed by atoms with Crippen LogP contribution in [0.4, 0.5) is 0 Å². The monoisotopic (exact) mass is 268 g/mol. The molecule has 16 heavy (non-hydrogen) atoms. The van der Waals surface area contributed by atoms with Crippen LogP contribution in [0.1, 0.15) is 12.8 Å². The molecule has 0 saturated heterocycles. The summed E-state index contributed by atoms with van der Waals surface area (Å²) in [5.74, 6) is -5.02. The summed E-state index contributed by atoms with van der Waals surface area (Å²) in [6.07, 6.45) is -2.29. The fraction of sp³-hybridized carbons (Fsp3) is 0.500. The van der Waals surface area contributed by atoms with Gasteiger partial charge in [-0.15, -0.1) is 0 Å². The SMILES string of the molecule is O.O.O=C(O)CC(O)(CC(=O)O)C(=O)O.[KH]. The van der Waals surface area contributed by atoms with E-state index in [9.17, 15) is 14.4 Å². The van der Waals surface area contributed by atoms with Crippen molar-refractivity contribution in [3.05, 3.63) is 0 Å². The second kappa shape index (κ2) is 10.1. The summed E-state index contributed by atoms with van der Waals surface area (Å²) in [6, 6.07) is 0. The fourth-order valence-corrected chi connectivity index (χ4v) is 0.714. The minimum atomic E-state index is -2.74. The maximum absolute atomic E-state index is 10.3. The molecule has 0 bridgehead atoms. The summed E-state index contributed by atoms with van der Waals surface area (Å²) >= 11 is 0. The topological polar surface area (TPSA) is 195 Å². The molecule has 0 saturated carbocycles. The van der Waals surface area contributed by atoms with E-state index >= 15 is 0 Å². The molecule has 0 rings (SSSR count). The van der Waals surface area contributed by atoms with Gasteiger partial charge in [0.2, 0.25) is 0 Å². The second-order valence-corrected chi connectivity index (χ2v) is 2.48. The Kier molecular flexibility index (Phi) is 15.8. The van der Waals surface area contributed by atoms with E-state index in [-0.39, 0.29) is 62.3 Å². The van der Waals surface area contributed by atoms with E-state index in [4.69, 9.17) is 20.4 Å². The van der Waals surface area contributed by atoms with Crippen LogP contribution in [0.3, 0.4) is 0 Å². The van der Waals surface area contributed by atoms with E-state index in [0.29, 0.717) is 0 Å². The summed E-state index contributed by atoms with van der Waals surface area (Å²) in [6.45, 7) is 0. The average molecular weight is 268 g/mol. The third-order valence-electron chi connectivity index (χ3n) is 1.29. The molecule has 0 aliphatic rings. The molecule has 92 valence electrons. The van der Waals surface area contributed by atoms with Crippen LogP contribution < -0.4 is 0 Å². The summed E-state index contributed by atoms with van der Waals surface area (Å²) in [7, 11) is 0. The van der Waals surface area contributed by atoms with Gasteiger partial charge in [-0.05, 0) is 0 Å². The van der Waals surface area contributed by atoms with Crippen LogP contribution in [0.25, 0.3) is 0 Å². The Morgan fingerprint density at radius 3 is 1.25 bits per heavy atom. The van der Waals surface area contributed by atoms with Gasteiger partial charge in [0.05, 0.1) is 12.8 Å². The molecular weight excluding hydrogens is 255 g/mol. The van der Waals surface area contributed by atoms with Crippen LogP contribution in [0.15, 0.2) is 0 Å². The molecule has 0 aromatic carbocycles. The Morgan fingerprint density at radius 2 is 1.12 bits per heavy atom.